The molecule has 19 heavy (non-hydrogen) atoms. The first-order chi connectivity index (χ1) is 9.16. The molecule has 0 saturated carbocycles. The highest BCUT2D eigenvalue weighted by atomic mass is 28.4. The van der Waals surface area contributed by atoms with Crippen LogP contribution in [0.5, 0.6) is 0 Å². The minimum Gasteiger partial charge on any atom is -0.371 e. The van der Waals surface area contributed by atoms with Crippen LogP contribution in [0.25, 0.3) is 0 Å². The third-order valence-electron chi connectivity index (χ3n) is 3.02. The third kappa shape index (κ3) is 7.25. The summed E-state index contributed by atoms with van der Waals surface area (Å²) in [5.74, 6) is 0. The monoisotopic (exact) mass is 288 g/mol. The van der Waals surface area contributed by atoms with Gasteiger partial charge in [0, 0.05) is 19.8 Å². The molecule has 0 saturated heterocycles. The van der Waals surface area contributed by atoms with Crippen LogP contribution >= 0.6 is 0 Å². The molecule has 0 amide bonds. The largest absolute Gasteiger partial charge is 0.532 e. The maximum atomic E-state index is 5.85. The Bertz CT molecular complexity index is 214. The summed E-state index contributed by atoms with van der Waals surface area (Å²) in [5.41, 5.74) is 0. The summed E-state index contributed by atoms with van der Waals surface area (Å²) in [4.78, 5) is 0. The molecular formula is C15H32O3Si. The molecule has 0 fully saturated rings. The molecule has 0 rings (SSSR count). The molecule has 0 aliphatic heterocycles. The van der Waals surface area contributed by atoms with Gasteiger partial charge in [-0.1, -0.05) is 39.2 Å². The first-order valence-electron chi connectivity index (χ1n) is 7.76. The fourth-order valence-corrected chi connectivity index (χ4v) is 4.58. The van der Waals surface area contributed by atoms with Gasteiger partial charge in [-0.15, -0.1) is 0 Å². The van der Waals surface area contributed by atoms with Gasteiger partial charge in [0.25, 0.3) is 0 Å². The summed E-state index contributed by atoms with van der Waals surface area (Å²) in [6.45, 7) is 14.2. The highest BCUT2D eigenvalue weighted by Gasteiger charge is 2.43. The summed E-state index contributed by atoms with van der Waals surface area (Å²) in [7, 11) is -2.66. The molecule has 0 spiro atoms. The Morgan fingerprint density at radius 3 is 1.68 bits per heavy atom. The zero-order chi connectivity index (χ0) is 14.6. The molecule has 0 aromatic rings. The fraction of sp³-hybridized carbons (Fsp3) is 0.867. The van der Waals surface area contributed by atoms with Crippen molar-refractivity contribution in [1.29, 1.82) is 0 Å². The number of allylic oxidation sites excluding steroid dienone is 1. The first kappa shape index (κ1) is 18.8. The van der Waals surface area contributed by atoms with Crippen molar-refractivity contribution in [3.8, 4) is 0 Å². The Morgan fingerprint density at radius 1 is 0.789 bits per heavy atom. The van der Waals surface area contributed by atoms with Gasteiger partial charge in [0.05, 0.1) is 0 Å². The van der Waals surface area contributed by atoms with Crippen LogP contribution in [0.2, 0.25) is 0 Å². The molecule has 0 aromatic heterocycles. The number of hydrogen-bond donors (Lipinski definition) is 0. The second-order valence-electron chi connectivity index (χ2n) is 4.62. The van der Waals surface area contributed by atoms with E-state index in [0.29, 0.717) is 19.8 Å². The molecule has 0 atom stereocenters. The van der Waals surface area contributed by atoms with Gasteiger partial charge in [-0.3, -0.25) is 0 Å². The van der Waals surface area contributed by atoms with Crippen LogP contribution in [0.1, 0.15) is 66.2 Å². The number of unbranched alkanes of at least 4 members (excludes halogenated alkanes) is 4. The quantitative estimate of drug-likeness (QED) is 0.369. The van der Waals surface area contributed by atoms with Crippen LogP contribution in [0, 0.1) is 0 Å². The molecule has 0 aromatic carbocycles. The van der Waals surface area contributed by atoms with E-state index >= 15 is 0 Å². The fourth-order valence-electron chi connectivity index (χ4n) is 2.10. The predicted molar refractivity (Wildman–Crippen MR) is 83.1 cm³/mol. The normalized spacial score (nSPS) is 11.8. The zero-order valence-corrected chi connectivity index (χ0v) is 14.3. The SMILES string of the molecule is C=C(CCCCCCC)[Si](OCC)(OCC)OCC. The molecule has 0 heterocycles. The van der Waals surface area contributed by atoms with Crippen molar-refractivity contribution in [2.75, 3.05) is 19.8 Å². The number of hydrogen-bond acceptors (Lipinski definition) is 3. The summed E-state index contributed by atoms with van der Waals surface area (Å²) in [6, 6.07) is 0. The van der Waals surface area contributed by atoms with Gasteiger partial charge >= 0.3 is 8.80 Å². The van der Waals surface area contributed by atoms with Crippen LogP contribution in [0.4, 0.5) is 0 Å². The average molecular weight is 289 g/mol. The van der Waals surface area contributed by atoms with Gasteiger partial charge in [0.1, 0.15) is 0 Å². The summed E-state index contributed by atoms with van der Waals surface area (Å²) >= 11 is 0. The van der Waals surface area contributed by atoms with Crippen molar-refractivity contribution in [2.45, 2.75) is 66.2 Å². The van der Waals surface area contributed by atoms with Crippen molar-refractivity contribution in [3.05, 3.63) is 11.8 Å². The van der Waals surface area contributed by atoms with E-state index in [1.54, 1.807) is 0 Å². The van der Waals surface area contributed by atoms with E-state index in [9.17, 15) is 0 Å². The maximum absolute atomic E-state index is 5.85. The van der Waals surface area contributed by atoms with Gasteiger partial charge in [-0.05, 0) is 38.8 Å². The van der Waals surface area contributed by atoms with Crippen LogP contribution < -0.4 is 0 Å². The Labute approximate surface area is 120 Å². The van der Waals surface area contributed by atoms with Crippen LogP contribution in [-0.4, -0.2) is 28.6 Å². The lowest BCUT2D eigenvalue weighted by atomic mass is 10.1. The van der Waals surface area contributed by atoms with E-state index in [-0.39, 0.29) is 0 Å². The predicted octanol–water partition coefficient (Wildman–Crippen LogP) is 4.49. The molecule has 0 radical (unpaired) electrons. The highest BCUT2D eigenvalue weighted by Crippen LogP contribution is 2.24. The molecule has 4 heteroatoms. The summed E-state index contributed by atoms with van der Waals surface area (Å²) < 4.78 is 17.5. The molecule has 0 aliphatic carbocycles. The second kappa shape index (κ2) is 11.6. The van der Waals surface area contributed by atoms with Gasteiger partial charge in [0.2, 0.25) is 0 Å². The van der Waals surface area contributed by atoms with Gasteiger partial charge in [0.15, 0.2) is 0 Å². The average Bonchev–Trinajstić information content (AvgIpc) is 2.39. The molecule has 114 valence electrons. The van der Waals surface area contributed by atoms with E-state index in [2.05, 4.69) is 13.5 Å². The van der Waals surface area contributed by atoms with Crippen LogP contribution in [0.3, 0.4) is 0 Å². The highest BCUT2D eigenvalue weighted by molar-refractivity contribution is 6.68. The molecule has 3 nitrogen and oxygen atoms in total. The van der Waals surface area contributed by atoms with E-state index in [0.717, 1.165) is 18.0 Å². The maximum Gasteiger partial charge on any atom is 0.532 e. The Balaban J connectivity index is 4.34. The molecule has 0 bridgehead atoms. The van der Waals surface area contributed by atoms with Gasteiger partial charge in [-0.25, -0.2) is 0 Å². The second-order valence-corrected chi connectivity index (χ2v) is 7.31. The lowest BCUT2D eigenvalue weighted by Crippen LogP contribution is -2.48. The number of rotatable bonds is 13. The summed E-state index contributed by atoms with van der Waals surface area (Å²) in [6.07, 6.45) is 7.25. The molecular weight excluding hydrogens is 256 g/mol. The zero-order valence-electron chi connectivity index (χ0n) is 13.3. The third-order valence-corrected chi connectivity index (χ3v) is 6.14. The van der Waals surface area contributed by atoms with E-state index < -0.39 is 8.80 Å². The van der Waals surface area contributed by atoms with Crippen molar-refractivity contribution in [3.63, 3.8) is 0 Å². The topological polar surface area (TPSA) is 27.7 Å². The first-order valence-corrected chi connectivity index (χ1v) is 9.49. The Kier molecular flexibility index (Phi) is 11.5. The lowest BCUT2D eigenvalue weighted by molar-refractivity contribution is 0.0798. The minimum atomic E-state index is -2.66. The molecule has 0 N–H and O–H groups in total. The Hall–Kier alpha value is -0.163. The molecule has 0 aliphatic rings. The minimum absolute atomic E-state index is 0.612. The Morgan fingerprint density at radius 2 is 1.26 bits per heavy atom. The van der Waals surface area contributed by atoms with Crippen LogP contribution in [-0.2, 0) is 13.3 Å². The van der Waals surface area contributed by atoms with Crippen molar-refractivity contribution < 1.29 is 13.3 Å². The van der Waals surface area contributed by atoms with Crippen molar-refractivity contribution in [1.82, 2.24) is 0 Å². The standard InChI is InChI=1S/C15H32O3Si/c1-6-10-11-12-13-14-15(5)19(16-7-2,17-8-3)18-9-4/h5-14H2,1-4H3. The lowest BCUT2D eigenvalue weighted by Gasteiger charge is -2.30. The summed E-state index contributed by atoms with van der Waals surface area (Å²) in [5, 5.41) is 1.04. The van der Waals surface area contributed by atoms with Crippen molar-refractivity contribution in [2.24, 2.45) is 0 Å². The van der Waals surface area contributed by atoms with E-state index in [4.69, 9.17) is 13.3 Å². The smallest absolute Gasteiger partial charge is 0.371 e. The van der Waals surface area contributed by atoms with E-state index in [1.807, 2.05) is 20.8 Å². The molecule has 0 unspecified atom stereocenters. The van der Waals surface area contributed by atoms with Gasteiger partial charge < -0.3 is 13.3 Å². The van der Waals surface area contributed by atoms with Gasteiger partial charge in [-0.2, -0.15) is 0 Å². The van der Waals surface area contributed by atoms with Crippen molar-refractivity contribution >= 4 is 8.80 Å². The van der Waals surface area contributed by atoms with Crippen LogP contribution in [0.15, 0.2) is 11.8 Å². The van der Waals surface area contributed by atoms with E-state index in [1.165, 1.54) is 25.7 Å².